The number of nitrogens with zero attached hydrogens (tertiary/aromatic N) is 3. The van der Waals surface area contributed by atoms with Crippen molar-refractivity contribution >= 4 is 18.3 Å². The third kappa shape index (κ3) is 4.43. The van der Waals surface area contributed by atoms with Crippen LogP contribution >= 0.6 is 12.4 Å². The standard InChI is InChI=1S/C11H18F2N4O.ClH/c1-7(2)9(14)10(18)16(3)6-8-15-4-5-17(8)11(12)13;/h4-5,7,9,11H,6,14H2,1-3H3;1H/t9-;/m0./s1. The van der Waals surface area contributed by atoms with Crippen LogP contribution in [-0.4, -0.2) is 33.4 Å². The Balaban J connectivity index is 0.00000324. The molecule has 0 aliphatic rings. The zero-order valence-corrected chi connectivity index (χ0v) is 11.9. The molecule has 0 saturated heterocycles. The van der Waals surface area contributed by atoms with Crippen molar-refractivity contribution in [1.29, 1.82) is 0 Å². The van der Waals surface area contributed by atoms with Gasteiger partial charge < -0.3 is 10.6 Å². The molecule has 5 nitrogen and oxygen atoms in total. The Morgan fingerprint density at radius 2 is 2.11 bits per heavy atom. The molecule has 0 spiro atoms. The average Bonchev–Trinajstić information content (AvgIpc) is 2.74. The Bertz CT molecular complexity index is 411. The van der Waals surface area contributed by atoms with Crippen LogP contribution in [0.15, 0.2) is 12.4 Å². The maximum atomic E-state index is 12.6. The van der Waals surface area contributed by atoms with E-state index >= 15 is 0 Å². The van der Waals surface area contributed by atoms with Crippen molar-refractivity contribution in [3.05, 3.63) is 18.2 Å². The van der Waals surface area contributed by atoms with Gasteiger partial charge in [0.1, 0.15) is 5.82 Å². The highest BCUT2D eigenvalue weighted by Gasteiger charge is 2.22. The largest absolute Gasteiger partial charge is 0.337 e. The summed E-state index contributed by atoms with van der Waals surface area (Å²) in [5.74, 6) is -0.152. The van der Waals surface area contributed by atoms with Gasteiger partial charge in [-0.1, -0.05) is 13.8 Å². The number of hydrogen-bond acceptors (Lipinski definition) is 3. The SMILES string of the molecule is CC(C)[C@H](N)C(=O)N(C)Cc1nccn1C(F)F.Cl. The number of rotatable bonds is 5. The van der Waals surface area contributed by atoms with Gasteiger partial charge in [-0.3, -0.25) is 9.36 Å². The number of carbonyl (C=O) groups excluding carboxylic acids is 1. The zero-order valence-electron chi connectivity index (χ0n) is 11.1. The van der Waals surface area contributed by atoms with Gasteiger partial charge in [0.2, 0.25) is 5.91 Å². The molecule has 1 heterocycles. The van der Waals surface area contributed by atoms with Crippen molar-refractivity contribution in [2.75, 3.05) is 7.05 Å². The van der Waals surface area contributed by atoms with Crippen LogP contribution in [0.25, 0.3) is 0 Å². The molecular formula is C11H19ClF2N4O. The molecule has 0 aliphatic heterocycles. The molecule has 19 heavy (non-hydrogen) atoms. The number of alkyl halides is 2. The van der Waals surface area contributed by atoms with Crippen molar-refractivity contribution in [3.63, 3.8) is 0 Å². The van der Waals surface area contributed by atoms with Gasteiger partial charge in [-0.2, -0.15) is 8.78 Å². The fourth-order valence-electron chi connectivity index (χ4n) is 1.47. The van der Waals surface area contributed by atoms with E-state index in [2.05, 4.69) is 4.98 Å². The van der Waals surface area contributed by atoms with E-state index in [0.29, 0.717) is 0 Å². The molecule has 0 fully saturated rings. The molecule has 1 aromatic heterocycles. The van der Waals surface area contributed by atoms with Crippen LogP contribution in [0, 0.1) is 5.92 Å². The van der Waals surface area contributed by atoms with Crippen LogP contribution in [0.1, 0.15) is 26.2 Å². The summed E-state index contributed by atoms with van der Waals surface area (Å²) in [6.45, 7) is 1.01. The van der Waals surface area contributed by atoms with Crippen LogP contribution < -0.4 is 5.73 Å². The normalized spacial score (nSPS) is 12.4. The molecule has 0 aliphatic carbocycles. The maximum Gasteiger partial charge on any atom is 0.319 e. The van der Waals surface area contributed by atoms with E-state index in [-0.39, 0.29) is 36.6 Å². The highest BCUT2D eigenvalue weighted by atomic mass is 35.5. The van der Waals surface area contributed by atoms with Gasteiger partial charge in [0.25, 0.3) is 0 Å². The topological polar surface area (TPSA) is 64.2 Å². The van der Waals surface area contributed by atoms with Crippen LogP contribution in [0.4, 0.5) is 8.78 Å². The summed E-state index contributed by atoms with van der Waals surface area (Å²) in [4.78, 5) is 17.0. The Morgan fingerprint density at radius 1 is 1.53 bits per heavy atom. The molecule has 1 atom stereocenters. The van der Waals surface area contributed by atoms with Gasteiger partial charge in [-0.05, 0) is 5.92 Å². The first kappa shape index (κ1) is 17.8. The number of imidazole rings is 1. The van der Waals surface area contributed by atoms with Gasteiger partial charge in [0, 0.05) is 19.4 Å². The third-order valence-electron chi connectivity index (χ3n) is 2.72. The number of nitrogens with two attached hydrogens (primary N) is 1. The summed E-state index contributed by atoms with van der Waals surface area (Å²) in [5.41, 5.74) is 5.72. The van der Waals surface area contributed by atoms with Gasteiger partial charge in [0.05, 0.1) is 12.6 Å². The number of halogens is 3. The van der Waals surface area contributed by atoms with Crippen molar-refractivity contribution in [1.82, 2.24) is 14.5 Å². The summed E-state index contributed by atoms with van der Waals surface area (Å²) < 4.78 is 25.9. The van der Waals surface area contributed by atoms with Gasteiger partial charge >= 0.3 is 6.55 Å². The van der Waals surface area contributed by atoms with Crippen LogP contribution in [-0.2, 0) is 11.3 Å². The molecule has 8 heteroatoms. The predicted octanol–water partition coefficient (Wildman–Crippen LogP) is 1.64. The first-order chi connectivity index (χ1) is 8.34. The minimum absolute atomic E-state index is 0. The van der Waals surface area contributed by atoms with E-state index in [0.717, 1.165) is 4.57 Å². The molecule has 0 saturated carbocycles. The van der Waals surface area contributed by atoms with Gasteiger partial charge in [-0.25, -0.2) is 4.98 Å². The first-order valence-electron chi connectivity index (χ1n) is 5.65. The lowest BCUT2D eigenvalue weighted by atomic mass is 10.0. The molecule has 0 radical (unpaired) electrons. The summed E-state index contributed by atoms with van der Waals surface area (Å²) in [5, 5.41) is 0. The molecule has 110 valence electrons. The number of hydrogen-bond donors (Lipinski definition) is 1. The van der Waals surface area contributed by atoms with E-state index in [9.17, 15) is 13.6 Å². The lowest BCUT2D eigenvalue weighted by Crippen LogP contribution is -2.44. The average molecular weight is 297 g/mol. The third-order valence-corrected chi connectivity index (χ3v) is 2.72. The fraction of sp³-hybridized carbons (Fsp3) is 0.636. The van der Waals surface area contributed by atoms with Crippen LogP contribution in [0.2, 0.25) is 0 Å². The Hall–Kier alpha value is -1.21. The Kier molecular flexibility index (Phi) is 6.93. The van der Waals surface area contributed by atoms with Gasteiger partial charge in [-0.15, -0.1) is 12.4 Å². The van der Waals surface area contributed by atoms with E-state index < -0.39 is 12.6 Å². The number of likely N-dealkylation sites (N-methyl/N-ethyl adjacent to an activating group) is 1. The molecular weight excluding hydrogens is 278 g/mol. The highest BCUT2D eigenvalue weighted by molar-refractivity contribution is 5.85. The van der Waals surface area contributed by atoms with Crippen molar-refractivity contribution in [2.24, 2.45) is 11.7 Å². The molecule has 0 bridgehead atoms. The predicted molar refractivity (Wildman–Crippen MR) is 70.0 cm³/mol. The minimum Gasteiger partial charge on any atom is -0.337 e. The number of carbonyl (C=O) groups is 1. The molecule has 1 aromatic rings. The second kappa shape index (κ2) is 7.40. The summed E-state index contributed by atoms with van der Waals surface area (Å²) in [6.07, 6.45) is 2.46. The summed E-state index contributed by atoms with van der Waals surface area (Å²) in [7, 11) is 1.52. The quantitative estimate of drug-likeness (QED) is 0.898. The van der Waals surface area contributed by atoms with Crippen molar-refractivity contribution in [3.8, 4) is 0 Å². The smallest absolute Gasteiger partial charge is 0.319 e. The van der Waals surface area contributed by atoms with Crippen molar-refractivity contribution in [2.45, 2.75) is 33.0 Å². The highest BCUT2D eigenvalue weighted by Crippen LogP contribution is 2.14. The van der Waals surface area contributed by atoms with Crippen molar-refractivity contribution < 1.29 is 13.6 Å². The summed E-state index contributed by atoms with van der Waals surface area (Å²) >= 11 is 0. The molecule has 0 unspecified atom stereocenters. The van der Waals surface area contributed by atoms with Crippen LogP contribution in [0.3, 0.4) is 0 Å². The Labute approximate surface area is 117 Å². The monoisotopic (exact) mass is 296 g/mol. The maximum absolute atomic E-state index is 12.6. The van der Waals surface area contributed by atoms with E-state index in [1.165, 1.54) is 24.3 Å². The lowest BCUT2D eigenvalue weighted by Gasteiger charge is -2.23. The number of amides is 1. The molecule has 0 aromatic carbocycles. The molecule has 1 rings (SSSR count). The fourth-order valence-corrected chi connectivity index (χ4v) is 1.47. The zero-order chi connectivity index (χ0) is 13.9. The van der Waals surface area contributed by atoms with E-state index in [1.807, 2.05) is 13.8 Å². The summed E-state index contributed by atoms with van der Waals surface area (Å²) in [6, 6.07) is -0.634. The first-order valence-corrected chi connectivity index (χ1v) is 5.65. The van der Waals surface area contributed by atoms with Crippen LogP contribution in [0.5, 0.6) is 0 Å². The van der Waals surface area contributed by atoms with Gasteiger partial charge in [0.15, 0.2) is 0 Å². The lowest BCUT2D eigenvalue weighted by molar-refractivity contribution is -0.133. The molecule has 1 amide bonds. The Morgan fingerprint density at radius 3 is 2.58 bits per heavy atom. The second-order valence-electron chi connectivity index (χ2n) is 4.49. The number of aromatic nitrogens is 2. The minimum atomic E-state index is -2.66. The van der Waals surface area contributed by atoms with E-state index in [4.69, 9.17) is 5.73 Å². The molecule has 2 N–H and O–H groups in total. The van der Waals surface area contributed by atoms with E-state index in [1.54, 1.807) is 0 Å². The second-order valence-corrected chi connectivity index (χ2v) is 4.49.